The third-order valence-corrected chi connectivity index (χ3v) is 20.9. The lowest BCUT2D eigenvalue weighted by Crippen LogP contribution is -2.58. The number of amides is 2. The van der Waals surface area contributed by atoms with Gasteiger partial charge in [-0.1, -0.05) is 59.2 Å². The number of nitrogens with zero attached hydrogens (tertiary/aromatic N) is 4. The molecule has 1 fully saturated rings. The van der Waals surface area contributed by atoms with Crippen LogP contribution in [0.2, 0.25) is 20.1 Å². The normalized spacial score (nSPS) is 15.5. The summed E-state index contributed by atoms with van der Waals surface area (Å²) >= 11 is 24.2. The lowest BCUT2D eigenvalue weighted by molar-refractivity contribution is -0.306. The van der Waals surface area contributed by atoms with Crippen LogP contribution < -0.4 is 20.1 Å². The zero-order chi connectivity index (χ0) is 75.0. The molecular weight excluding hydrogens is 1460 g/mol. The molecular formula is C75H49Cl4F8N5O12. The first-order valence-corrected chi connectivity index (χ1v) is 33.0. The second-order valence-corrected chi connectivity index (χ2v) is 26.7. The predicted molar refractivity (Wildman–Crippen MR) is 365 cm³/mol. The van der Waals surface area contributed by atoms with Gasteiger partial charge in [-0.3, -0.25) is 37.7 Å². The van der Waals surface area contributed by atoms with Gasteiger partial charge in [0.2, 0.25) is 6.04 Å². The average Bonchev–Trinajstić information content (AvgIpc) is 1.52. The number of phenolic OH excluding ortho intramolecular Hbond substituents is 3. The number of quaternary nitrogens is 1. The number of carboxylic acids is 1. The molecule has 4 heterocycles. The van der Waals surface area contributed by atoms with Crippen molar-refractivity contribution in [2.45, 2.75) is 71.3 Å². The van der Waals surface area contributed by atoms with Crippen LogP contribution in [0.3, 0.4) is 0 Å². The Kier molecular flexibility index (Phi) is 18.2. The van der Waals surface area contributed by atoms with E-state index in [1.54, 1.807) is 0 Å². The summed E-state index contributed by atoms with van der Waals surface area (Å²) in [4.78, 5) is 108. The van der Waals surface area contributed by atoms with Gasteiger partial charge in [0.1, 0.15) is 29.0 Å². The van der Waals surface area contributed by atoms with Crippen LogP contribution in [-0.4, -0.2) is 70.5 Å². The Labute approximate surface area is 601 Å². The molecule has 0 spiro atoms. The summed E-state index contributed by atoms with van der Waals surface area (Å²) in [5, 5.41) is 44.1. The fraction of sp³-hybridized carbons (Fsp3) is 0.160. The summed E-state index contributed by atoms with van der Waals surface area (Å²) in [7, 11) is 0. The van der Waals surface area contributed by atoms with Crippen molar-refractivity contribution in [2.24, 2.45) is 11.7 Å². The van der Waals surface area contributed by atoms with Crippen molar-refractivity contribution in [3.05, 3.63) is 255 Å². The monoisotopic (exact) mass is 1500 g/mol. The van der Waals surface area contributed by atoms with Gasteiger partial charge in [-0.05, 0) is 166 Å². The Morgan fingerprint density at radius 3 is 1.29 bits per heavy atom. The zero-order valence-electron chi connectivity index (χ0n) is 54.1. The van der Waals surface area contributed by atoms with E-state index >= 15 is 49.5 Å². The molecule has 4 atom stereocenters. The molecule has 1 aliphatic carbocycles. The molecule has 1 aliphatic heterocycles. The minimum Gasteiger partial charge on any atom is -0.549 e. The first-order valence-electron chi connectivity index (χ1n) is 31.5. The molecule has 11 aromatic rings. The molecule has 2 aliphatic rings. The molecule has 2 amide bonds. The number of hydrogen-bond donors (Lipinski definition) is 4. The van der Waals surface area contributed by atoms with Crippen molar-refractivity contribution in [3.8, 4) is 23.0 Å². The molecule has 17 nitrogen and oxygen atoms in total. The molecule has 0 saturated heterocycles. The Balaban J connectivity index is 1.14. The molecule has 0 radical (unpaired) electrons. The largest absolute Gasteiger partial charge is 0.549 e. The summed E-state index contributed by atoms with van der Waals surface area (Å²) in [6, 6.07) is 15.1. The topological polar surface area (TPSA) is 253 Å². The molecule has 13 rings (SSSR count). The van der Waals surface area contributed by atoms with Gasteiger partial charge in [0.05, 0.1) is 71.1 Å². The van der Waals surface area contributed by atoms with E-state index in [2.05, 4.69) is 0 Å². The van der Waals surface area contributed by atoms with Gasteiger partial charge in [0, 0.05) is 68.5 Å². The quantitative estimate of drug-likeness (QED) is 0.0343. The number of aliphatic carboxylic acids is 1. The van der Waals surface area contributed by atoms with Gasteiger partial charge in [-0.25, -0.2) is 39.9 Å². The summed E-state index contributed by atoms with van der Waals surface area (Å²) in [6.45, 7) is 4.34. The van der Waals surface area contributed by atoms with E-state index in [-0.39, 0.29) is 40.2 Å². The first-order chi connectivity index (χ1) is 49.3. The fourth-order valence-electron chi connectivity index (χ4n) is 15.1. The fourth-order valence-corrected chi connectivity index (χ4v) is 15.6. The maximum atomic E-state index is 19.7. The SMILES string of the molecule is CC1=C(C(C(=O)[O-])c2c(C)n(C(=O)c3ccc(Cl)c(F)c3)c3ccc(O)c(F)c23)c2c(ccc(OC(=O)C(c3c(C)n(C(=O)c4ccc(Cl)c(F)c4)c4ccc(O)c(F)c34)C3CCCC3)c2F)[N+]1(C(=O)c1ccc(Cl)c(F)c1)C(C(N)=O)c1c(C)n(C(=O)c2ccc(Cl)c(F)c2)c2ccc(O)c(F)c12. The van der Waals surface area contributed by atoms with Crippen LogP contribution in [0.4, 0.5) is 40.8 Å². The molecule has 1 saturated carbocycles. The van der Waals surface area contributed by atoms with Crippen LogP contribution >= 0.6 is 46.4 Å². The van der Waals surface area contributed by atoms with E-state index in [1.165, 1.54) is 13.0 Å². The van der Waals surface area contributed by atoms with Crippen molar-refractivity contribution < 1.29 is 93.8 Å². The number of hydrogen-bond acceptors (Lipinski definition) is 12. The van der Waals surface area contributed by atoms with Gasteiger partial charge in [0.15, 0.2) is 52.0 Å². The van der Waals surface area contributed by atoms with Crippen LogP contribution in [0.1, 0.15) is 131 Å². The number of ether oxygens (including phenoxy) is 1. The minimum atomic E-state index is -2.88. The van der Waals surface area contributed by atoms with Crippen LogP contribution in [0, 0.1) is 73.2 Å². The highest BCUT2D eigenvalue weighted by Crippen LogP contribution is 2.60. The summed E-state index contributed by atoms with van der Waals surface area (Å²) in [6.07, 6.45) is 1.24. The minimum absolute atomic E-state index is 0.168. The number of primary amides is 1. The Bertz CT molecular complexity index is 5750. The van der Waals surface area contributed by atoms with Crippen molar-refractivity contribution in [1.29, 1.82) is 0 Å². The second kappa shape index (κ2) is 26.5. The zero-order valence-corrected chi connectivity index (χ0v) is 57.1. The lowest BCUT2D eigenvalue weighted by atomic mass is 9.83. The number of benzene rings is 8. The van der Waals surface area contributed by atoms with Crippen molar-refractivity contribution in [3.63, 3.8) is 0 Å². The molecule has 0 bridgehead atoms. The van der Waals surface area contributed by atoms with Gasteiger partial charge in [-0.15, -0.1) is 0 Å². The van der Waals surface area contributed by atoms with Gasteiger partial charge in [-0.2, -0.15) is 4.48 Å². The van der Waals surface area contributed by atoms with Crippen LogP contribution in [-0.2, 0) is 14.4 Å². The molecule has 29 heteroatoms. The summed E-state index contributed by atoms with van der Waals surface area (Å²) in [5.41, 5.74) is -4.39. The highest BCUT2D eigenvalue weighted by molar-refractivity contribution is 6.32. The number of aromatic hydroxyl groups is 3. The maximum absolute atomic E-state index is 19.7. The molecule has 4 unspecified atom stereocenters. The van der Waals surface area contributed by atoms with Crippen LogP contribution in [0.15, 0.2) is 127 Å². The molecule has 104 heavy (non-hydrogen) atoms. The second-order valence-electron chi connectivity index (χ2n) is 25.1. The molecule has 3 aromatic heterocycles. The van der Waals surface area contributed by atoms with E-state index in [1.807, 2.05) is 0 Å². The number of nitrogens with two attached hydrogens (primary N) is 1. The number of carbonyl (C=O) groups excluding carboxylic acids is 7. The average molecular weight is 1510 g/mol. The number of allylic oxidation sites excluding steroid dienone is 1. The molecule has 5 N–H and O–H groups in total. The number of esters is 1. The van der Waals surface area contributed by atoms with E-state index in [9.17, 15) is 39.6 Å². The third kappa shape index (κ3) is 11.0. The summed E-state index contributed by atoms with van der Waals surface area (Å²) < 4.78 is 140. The Morgan fingerprint density at radius 2 is 0.885 bits per heavy atom. The van der Waals surface area contributed by atoms with E-state index in [4.69, 9.17) is 56.9 Å². The van der Waals surface area contributed by atoms with E-state index in [0.717, 1.165) is 121 Å². The Morgan fingerprint density at radius 1 is 0.510 bits per heavy atom. The standard InChI is InChI=1S/C75H49Cl4F8N5O12/c1-29-54(59-46(17-21-50(93)64(59)84)89(29)70(97)34-9-13-38(76)42(80)25-34)58(33-7-5-6-8-33)75(103)104-53-24-20-49-62(67(53)87)57(63(74(101)102)55-30(2)90(47-18-22-51(94)65(85)60(47)55)71(98)35-10-14-39(77)43(81)26-35)32(4)92(49,73(100)37-12-16-41(79)45(83)28-37)68(69(88)96)56-31(3)91(48-19-23-52(95)66(86)61(48)56)72(99)36-11-15-40(78)44(82)27-36/h9-28,33,58,63,68H,5-8H2,1-4H3,(H5-,88,93,94,95,96,101,102). The number of carboxylic acid groups (broad SMARTS) is 1. The Hall–Kier alpha value is -10.8. The molecule has 530 valence electrons. The number of phenols is 3. The van der Waals surface area contributed by atoms with E-state index < -0.39 is 243 Å². The van der Waals surface area contributed by atoms with Gasteiger partial charge in [0.25, 0.3) is 23.6 Å². The van der Waals surface area contributed by atoms with Crippen molar-refractivity contribution in [2.75, 3.05) is 0 Å². The molecule has 8 aromatic carbocycles. The highest BCUT2D eigenvalue weighted by atomic mass is 35.5. The highest BCUT2D eigenvalue weighted by Gasteiger charge is 2.62. The smallest absolute Gasteiger partial charge is 0.356 e. The van der Waals surface area contributed by atoms with Crippen molar-refractivity contribution in [1.82, 2.24) is 18.2 Å². The predicted octanol–water partition coefficient (Wildman–Crippen LogP) is 15.9. The number of aromatic nitrogens is 3. The first kappa shape index (κ1) is 71.6. The third-order valence-electron chi connectivity index (χ3n) is 19.6. The summed E-state index contributed by atoms with van der Waals surface area (Å²) in [5.74, 6) is -31.7. The maximum Gasteiger partial charge on any atom is 0.356 e. The number of halogens is 12. The van der Waals surface area contributed by atoms with Gasteiger partial charge >= 0.3 is 11.9 Å². The van der Waals surface area contributed by atoms with Crippen LogP contribution in [0.5, 0.6) is 23.0 Å². The number of rotatable bonds is 14. The van der Waals surface area contributed by atoms with Gasteiger partial charge < -0.3 is 35.7 Å². The number of fused-ring (bicyclic) bond motifs is 4. The van der Waals surface area contributed by atoms with Crippen molar-refractivity contribution >= 4 is 132 Å². The van der Waals surface area contributed by atoms with Crippen LogP contribution in [0.25, 0.3) is 38.3 Å². The lowest BCUT2D eigenvalue weighted by Gasteiger charge is -2.39. The van der Waals surface area contributed by atoms with E-state index in [0.29, 0.717) is 41.7 Å². The number of carbonyl (C=O) groups is 7.